The molecule has 0 aliphatic rings. The van der Waals surface area contributed by atoms with Crippen LogP contribution in [0.2, 0.25) is 0 Å². The summed E-state index contributed by atoms with van der Waals surface area (Å²) in [5, 5.41) is 9.19. The van der Waals surface area contributed by atoms with E-state index >= 15 is 0 Å². The molecule has 0 amide bonds. The summed E-state index contributed by atoms with van der Waals surface area (Å²) in [5.74, 6) is -0.607. The minimum atomic E-state index is -0.991. The van der Waals surface area contributed by atoms with Crippen molar-refractivity contribution in [2.24, 2.45) is 4.99 Å². The lowest BCUT2D eigenvalue weighted by molar-refractivity contribution is 0.0692. The van der Waals surface area contributed by atoms with Gasteiger partial charge in [-0.2, -0.15) is 0 Å². The van der Waals surface area contributed by atoms with E-state index in [4.69, 9.17) is 4.74 Å². The lowest BCUT2D eigenvalue weighted by Crippen LogP contribution is -2.06. The highest BCUT2D eigenvalue weighted by atomic mass is 16.5. The Morgan fingerprint density at radius 1 is 1.48 bits per heavy atom. The van der Waals surface area contributed by atoms with Crippen molar-refractivity contribution in [2.75, 3.05) is 6.61 Å². The SMILES string of the molecule is C=C/C=C\N=C(/C)c1ccc(C(=O)O)c(OCCCC)c1. The number of carbonyl (C=O) groups is 1. The van der Waals surface area contributed by atoms with Crippen molar-refractivity contribution >= 4 is 11.7 Å². The summed E-state index contributed by atoms with van der Waals surface area (Å²) in [6.45, 7) is 8.00. The van der Waals surface area contributed by atoms with Gasteiger partial charge >= 0.3 is 5.97 Å². The molecule has 1 rings (SSSR count). The maximum Gasteiger partial charge on any atom is 0.339 e. The fourth-order valence-corrected chi connectivity index (χ4v) is 1.66. The molecular formula is C17H21NO3. The second-order valence-electron chi connectivity index (χ2n) is 4.51. The first-order valence-corrected chi connectivity index (χ1v) is 6.92. The van der Waals surface area contributed by atoms with Crippen molar-refractivity contribution in [3.63, 3.8) is 0 Å². The number of rotatable bonds is 8. The van der Waals surface area contributed by atoms with E-state index in [-0.39, 0.29) is 5.56 Å². The van der Waals surface area contributed by atoms with Gasteiger partial charge in [0.1, 0.15) is 11.3 Å². The van der Waals surface area contributed by atoms with Gasteiger partial charge in [-0.15, -0.1) is 0 Å². The number of hydrogen-bond donors (Lipinski definition) is 1. The predicted octanol–water partition coefficient (Wildman–Crippen LogP) is 4.07. The van der Waals surface area contributed by atoms with E-state index in [0.29, 0.717) is 12.4 Å². The molecule has 0 atom stereocenters. The number of carboxylic acids is 1. The number of allylic oxidation sites excluding steroid dienone is 2. The van der Waals surface area contributed by atoms with E-state index in [9.17, 15) is 9.90 Å². The van der Waals surface area contributed by atoms with E-state index in [1.54, 1.807) is 36.6 Å². The van der Waals surface area contributed by atoms with E-state index in [1.807, 2.05) is 6.92 Å². The van der Waals surface area contributed by atoms with Gasteiger partial charge in [-0.1, -0.05) is 32.1 Å². The molecule has 0 unspecified atom stereocenters. The molecule has 0 fully saturated rings. The number of aromatic carboxylic acids is 1. The molecule has 0 aliphatic heterocycles. The fraction of sp³-hybridized carbons (Fsp3) is 0.294. The van der Waals surface area contributed by atoms with Crippen molar-refractivity contribution in [1.82, 2.24) is 0 Å². The molecule has 0 spiro atoms. The first kappa shape index (κ1) is 16.7. The van der Waals surface area contributed by atoms with Crippen LogP contribution in [0, 0.1) is 0 Å². The molecule has 0 heterocycles. The summed E-state index contributed by atoms with van der Waals surface area (Å²) < 4.78 is 5.59. The van der Waals surface area contributed by atoms with Crippen LogP contribution in [0.15, 0.2) is 48.1 Å². The second-order valence-corrected chi connectivity index (χ2v) is 4.51. The van der Waals surface area contributed by atoms with Crippen LogP contribution in [0.25, 0.3) is 0 Å². The smallest absolute Gasteiger partial charge is 0.339 e. The van der Waals surface area contributed by atoms with Gasteiger partial charge in [0, 0.05) is 11.9 Å². The third kappa shape index (κ3) is 5.26. The van der Waals surface area contributed by atoms with Gasteiger partial charge in [-0.3, -0.25) is 4.99 Å². The Hall–Kier alpha value is -2.36. The topological polar surface area (TPSA) is 58.9 Å². The Labute approximate surface area is 125 Å². The highest BCUT2D eigenvalue weighted by Gasteiger charge is 2.12. The summed E-state index contributed by atoms with van der Waals surface area (Å²) in [5.41, 5.74) is 1.79. The largest absolute Gasteiger partial charge is 0.493 e. The van der Waals surface area contributed by atoms with Crippen LogP contribution in [0.5, 0.6) is 5.75 Å². The highest BCUT2D eigenvalue weighted by molar-refractivity contribution is 6.01. The zero-order valence-electron chi connectivity index (χ0n) is 12.5. The van der Waals surface area contributed by atoms with Gasteiger partial charge in [0.25, 0.3) is 0 Å². The molecule has 0 saturated carbocycles. The maximum atomic E-state index is 11.2. The van der Waals surface area contributed by atoms with Crippen LogP contribution < -0.4 is 4.74 Å². The number of aliphatic imine (C=N–C) groups is 1. The first-order valence-electron chi connectivity index (χ1n) is 6.92. The molecular weight excluding hydrogens is 266 g/mol. The normalized spacial score (nSPS) is 11.6. The number of hydrogen-bond acceptors (Lipinski definition) is 3. The second kappa shape index (κ2) is 8.74. The number of carboxylic acid groups (broad SMARTS) is 1. The predicted molar refractivity (Wildman–Crippen MR) is 85.4 cm³/mol. The van der Waals surface area contributed by atoms with E-state index in [2.05, 4.69) is 18.5 Å². The standard InChI is InChI=1S/C17H21NO3/c1-4-6-10-18-13(3)14-8-9-15(17(19)20)16(12-14)21-11-7-5-2/h4,6,8-10,12H,1,5,7,11H2,2-3H3,(H,19,20)/b10-6-,18-13+. The Balaban J connectivity index is 3.05. The minimum absolute atomic E-state index is 0.171. The monoisotopic (exact) mass is 287 g/mol. The van der Waals surface area contributed by atoms with Gasteiger partial charge < -0.3 is 9.84 Å². The van der Waals surface area contributed by atoms with Gasteiger partial charge in [0.05, 0.1) is 6.61 Å². The van der Waals surface area contributed by atoms with Gasteiger partial charge in [-0.05, 0) is 37.1 Å². The number of unbranched alkanes of at least 4 members (excludes halogenated alkanes) is 1. The van der Waals surface area contributed by atoms with Crippen LogP contribution in [0.1, 0.15) is 42.6 Å². The number of benzene rings is 1. The van der Waals surface area contributed by atoms with Crippen molar-refractivity contribution in [2.45, 2.75) is 26.7 Å². The van der Waals surface area contributed by atoms with Crippen LogP contribution in [-0.4, -0.2) is 23.4 Å². The molecule has 1 N–H and O–H groups in total. The summed E-state index contributed by atoms with van der Waals surface area (Å²) in [7, 11) is 0. The van der Waals surface area contributed by atoms with Crippen LogP contribution in [0.3, 0.4) is 0 Å². The minimum Gasteiger partial charge on any atom is -0.493 e. The third-order valence-corrected chi connectivity index (χ3v) is 2.88. The number of nitrogens with zero attached hydrogens (tertiary/aromatic N) is 1. The Morgan fingerprint density at radius 3 is 2.86 bits per heavy atom. The molecule has 0 aliphatic carbocycles. The van der Waals surface area contributed by atoms with Crippen LogP contribution in [-0.2, 0) is 0 Å². The van der Waals surface area contributed by atoms with Gasteiger partial charge in [-0.25, -0.2) is 4.79 Å². The zero-order chi connectivity index (χ0) is 15.7. The lowest BCUT2D eigenvalue weighted by Gasteiger charge is -2.10. The van der Waals surface area contributed by atoms with Crippen LogP contribution >= 0.6 is 0 Å². The molecule has 0 radical (unpaired) electrons. The molecule has 0 aromatic heterocycles. The maximum absolute atomic E-state index is 11.2. The Morgan fingerprint density at radius 2 is 2.24 bits per heavy atom. The summed E-state index contributed by atoms with van der Waals surface area (Å²) in [6, 6.07) is 5.01. The zero-order valence-corrected chi connectivity index (χ0v) is 12.5. The van der Waals surface area contributed by atoms with Crippen molar-refractivity contribution in [1.29, 1.82) is 0 Å². The Kier molecular flexibility index (Phi) is 6.95. The molecule has 1 aromatic rings. The van der Waals surface area contributed by atoms with Gasteiger partial charge in [0.15, 0.2) is 0 Å². The molecule has 112 valence electrons. The molecule has 0 saturated heterocycles. The quantitative estimate of drug-likeness (QED) is 0.445. The van der Waals surface area contributed by atoms with Crippen LogP contribution in [0.4, 0.5) is 0 Å². The lowest BCUT2D eigenvalue weighted by atomic mass is 10.1. The third-order valence-electron chi connectivity index (χ3n) is 2.88. The highest BCUT2D eigenvalue weighted by Crippen LogP contribution is 2.21. The molecule has 0 bridgehead atoms. The summed E-state index contributed by atoms with van der Waals surface area (Å²) >= 11 is 0. The van der Waals surface area contributed by atoms with Crippen molar-refractivity contribution < 1.29 is 14.6 Å². The number of ether oxygens (including phenoxy) is 1. The van der Waals surface area contributed by atoms with E-state index in [1.165, 1.54) is 0 Å². The molecule has 21 heavy (non-hydrogen) atoms. The van der Waals surface area contributed by atoms with E-state index in [0.717, 1.165) is 24.1 Å². The average molecular weight is 287 g/mol. The van der Waals surface area contributed by atoms with Crippen molar-refractivity contribution in [3.05, 3.63) is 54.3 Å². The van der Waals surface area contributed by atoms with Gasteiger partial charge in [0.2, 0.25) is 0 Å². The molecule has 4 nitrogen and oxygen atoms in total. The molecule has 4 heteroatoms. The Bertz CT molecular complexity index is 559. The summed E-state index contributed by atoms with van der Waals surface area (Å²) in [6.07, 6.45) is 6.90. The average Bonchev–Trinajstić information content (AvgIpc) is 2.47. The fourth-order valence-electron chi connectivity index (χ4n) is 1.66. The van der Waals surface area contributed by atoms with Crippen molar-refractivity contribution in [3.8, 4) is 5.75 Å². The summed E-state index contributed by atoms with van der Waals surface area (Å²) in [4.78, 5) is 15.5. The molecule has 1 aromatic carbocycles. The first-order chi connectivity index (χ1) is 10.1. The van der Waals surface area contributed by atoms with E-state index < -0.39 is 5.97 Å².